The molecule has 1 aromatic rings. The molecule has 5 heteroatoms. The molecule has 0 bridgehead atoms. The molecule has 1 saturated heterocycles. The summed E-state index contributed by atoms with van der Waals surface area (Å²) in [5.74, 6) is -0.606. The molecule has 22 heavy (non-hydrogen) atoms. The number of rotatable bonds is 7. The summed E-state index contributed by atoms with van der Waals surface area (Å²) >= 11 is 0. The summed E-state index contributed by atoms with van der Waals surface area (Å²) in [6.45, 7) is 6.90. The number of nitriles is 1. The molecule has 1 aliphatic rings. The Labute approximate surface area is 130 Å². The van der Waals surface area contributed by atoms with E-state index in [1.54, 1.807) is 6.08 Å². The largest absolute Gasteiger partial charge is 0.459 e. The number of epoxide rings is 1. The summed E-state index contributed by atoms with van der Waals surface area (Å²) in [7, 11) is 0. The first kappa shape index (κ1) is 16.1. The summed E-state index contributed by atoms with van der Waals surface area (Å²) in [4.78, 5) is 14.0. The number of anilines is 1. The second-order valence-electron chi connectivity index (χ2n) is 4.99. The van der Waals surface area contributed by atoms with Gasteiger partial charge in [0.25, 0.3) is 0 Å². The minimum atomic E-state index is -0.606. The van der Waals surface area contributed by atoms with Gasteiger partial charge in [0, 0.05) is 18.8 Å². The maximum absolute atomic E-state index is 11.8. The van der Waals surface area contributed by atoms with E-state index in [0.29, 0.717) is 6.61 Å². The number of hydrogen-bond donors (Lipinski definition) is 0. The van der Waals surface area contributed by atoms with E-state index in [0.717, 1.165) is 24.3 Å². The van der Waals surface area contributed by atoms with Crippen LogP contribution in [0.25, 0.3) is 6.08 Å². The van der Waals surface area contributed by atoms with Crippen LogP contribution >= 0.6 is 0 Å². The second kappa shape index (κ2) is 7.62. The van der Waals surface area contributed by atoms with Crippen molar-refractivity contribution in [2.24, 2.45) is 0 Å². The Balaban J connectivity index is 2.05. The monoisotopic (exact) mass is 300 g/mol. The van der Waals surface area contributed by atoms with Gasteiger partial charge in [0.15, 0.2) is 0 Å². The summed E-state index contributed by atoms with van der Waals surface area (Å²) in [5.41, 5.74) is 1.91. The number of ether oxygens (including phenoxy) is 2. The zero-order valence-corrected chi connectivity index (χ0v) is 12.9. The molecule has 1 aliphatic heterocycles. The first-order chi connectivity index (χ1) is 10.7. The van der Waals surface area contributed by atoms with Crippen molar-refractivity contribution >= 4 is 17.7 Å². The van der Waals surface area contributed by atoms with Crippen molar-refractivity contribution < 1.29 is 14.3 Å². The third-order valence-corrected chi connectivity index (χ3v) is 3.48. The summed E-state index contributed by atoms with van der Waals surface area (Å²) < 4.78 is 9.99. The van der Waals surface area contributed by atoms with Gasteiger partial charge >= 0.3 is 5.97 Å². The number of nitrogens with zero attached hydrogens (tertiary/aromatic N) is 2. The molecule has 0 radical (unpaired) electrons. The van der Waals surface area contributed by atoms with Gasteiger partial charge in [-0.15, -0.1) is 0 Å². The molecule has 1 unspecified atom stereocenters. The number of carbonyl (C=O) groups is 1. The maximum Gasteiger partial charge on any atom is 0.348 e. The highest BCUT2D eigenvalue weighted by Gasteiger charge is 2.25. The van der Waals surface area contributed by atoms with Crippen molar-refractivity contribution in [2.75, 3.05) is 31.2 Å². The van der Waals surface area contributed by atoms with Crippen LogP contribution in [0.3, 0.4) is 0 Å². The van der Waals surface area contributed by atoms with Crippen molar-refractivity contribution in [3.8, 4) is 6.07 Å². The van der Waals surface area contributed by atoms with E-state index in [-0.39, 0.29) is 18.3 Å². The van der Waals surface area contributed by atoms with Gasteiger partial charge < -0.3 is 14.4 Å². The highest BCUT2D eigenvalue weighted by molar-refractivity contribution is 5.97. The molecule has 0 amide bonds. The topological polar surface area (TPSA) is 65.9 Å². The molecule has 0 aromatic heterocycles. The van der Waals surface area contributed by atoms with Crippen LogP contribution in [0.1, 0.15) is 19.4 Å². The predicted octanol–water partition coefficient (Wildman–Crippen LogP) is 2.38. The zero-order valence-electron chi connectivity index (χ0n) is 12.9. The van der Waals surface area contributed by atoms with Gasteiger partial charge in [-0.25, -0.2) is 4.79 Å². The zero-order chi connectivity index (χ0) is 15.9. The van der Waals surface area contributed by atoms with Gasteiger partial charge in [0.2, 0.25) is 0 Å². The van der Waals surface area contributed by atoms with Gasteiger partial charge in [0.1, 0.15) is 24.4 Å². The van der Waals surface area contributed by atoms with Gasteiger partial charge in [-0.3, -0.25) is 0 Å². The van der Waals surface area contributed by atoms with E-state index in [2.05, 4.69) is 18.7 Å². The maximum atomic E-state index is 11.8. The van der Waals surface area contributed by atoms with E-state index < -0.39 is 5.97 Å². The SMILES string of the molecule is CCN(CC)c1ccc(C=C(C#N)C(=O)OCC2CO2)cc1. The summed E-state index contributed by atoms with van der Waals surface area (Å²) in [6.07, 6.45) is 1.54. The number of hydrogen-bond acceptors (Lipinski definition) is 5. The number of benzene rings is 1. The lowest BCUT2D eigenvalue weighted by Crippen LogP contribution is -2.21. The van der Waals surface area contributed by atoms with Crippen LogP contribution in [-0.4, -0.2) is 38.4 Å². The van der Waals surface area contributed by atoms with Crippen molar-refractivity contribution in [3.05, 3.63) is 35.4 Å². The first-order valence-corrected chi connectivity index (χ1v) is 7.43. The second-order valence-corrected chi connectivity index (χ2v) is 4.99. The fourth-order valence-corrected chi connectivity index (χ4v) is 2.08. The molecule has 1 atom stereocenters. The quantitative estimate of drug-likeness (QED) is 0.335. The lowest BCUT2D eigenvalue weighted by molar-refractivity contribution is -0.138. The Bertz CT molecular complexity index is 579. The van der Waals surface area contributed by atoms with Crippen LogP contribution < -0.4 is 4.90 Å². The third kappa shape index (κ3) is 4.34. The molecule has 1 fully saturated rings. The van der Waals surface area contributed by atoms with E-state index in [9.17, 15) is 4.79 Å². The lowest BCUT2D eigenvalue weighted by atomic mass is 10.1. The van der Waals surface area contributed by atoms with Crippen LogP contribution in [0.5, 0.6) is 0 Å². The normalized spacial score (nSPS) is 16.8. The summed E-state index contributed by atoms with van der Waals surface area (Å²) in [6, 6.07) is 9.64. The molecule has 0 spiro atoms. The highest BCUT2D eigenvalue weighted by Crippen LogP contribution is 2.17. The molecule has 0 saturated carbocycles. The van der Waals surface area contributed by atoms with E-state index in [4.69, 9.17) is 14.7 Å². The van der Waals surface area contributed by atoms with Crippen LogP contribution in [-0.2, 0) is 14.3 Å². The fourth-order valence-electron chi connectivity index (χ4n) is 2.08. The predicted molar refractivity (Wildman–Crippen MR) is 84.3 cm³/mol. The molecule has 116 valence electrons. The Morgan fingerprint density at radius 1 is 1.41 bits per heavy atom. The molecule has 1 heterocycles. The van der Waals surface area contributed by atoms with Crippen molar-refractivity contribution in [1.82, 2.24) is 0 Å². The Kier molecular flexibility index (Phi) is 5.56. The Morgan fingerprint density at radius 3 is 2.55 bits per heavy atom. The number of carbonyl (C=O) groups excluding carboxylic acids is 1. The van der Waals surface area contributed by atoms with Crippen LogP contribution in [0.15, 0.2) is 29.8 Å². The van der Waals surface area contributed by atoms with E-state index >= 15 is 0 Å². The van der Waals surface area contributed by atoms with Crippen LogP contribution in [0.2, 0.25) is 0 Å². The van der Waals surface area contributed by atoms with Gasteiger partial charge in [-0.1, -0.05) is 12.1 Å². The van der Waals surface area contributed by atoms with Crippen molar-refractivity contribution in [2.45, 2.75) is 20.0 Å². The standard InChI is InChI=1S/C17H20N2O3/c1-3-19(4-2)15-7-5-13(6-8-15)9-14(10-18)17(20)22-12-16-11-21-16/h5-9,16H,3-4,11-12H2,1-2H3. The molecular formula is C17H20N2O3. The molecule has 2 rings (SSSR count). The average molecular weight is 300 g/mol. The molecule has 0 aliphatic carbocycles. The molecule has 5 nitrogen and oxygen atoms in total. The van der Waals surface area contributed by atoms with Crippen molar-refractivity contribution in [3.63, 3.8) is 0 Å². The lowest BCUT2D eigenvalue weighted by Gasteiger charge is -2.20. The van der Waals surface area contributed by atoms with Crippen LogP contribution in [0.4, 0.5) is 5.69 Å². The number of esters is 1. The van der Waals surface area contributed by atoms with Crippen LogP contribution in [0, 0.1) is 11.3 Å². The third-order valence-electron chi connectivity index (χ3n) is 3.48. The fraction of sp³-hybridized carbons (Fsp3) is 0.412. The molecule has 0 N–H and O–H groups in total. The van der Waals surface area contributed by atoms with E-state index in [1.807, 2.05) is 30.3 Å². The van der Waals surface area contributed by atoms with E-state index in [1.165, 1.54) is 0 Å². The molecular weight excluding hydrogens is 280 g/mol. The minimum absolute atomic E-state index is 0.00255. The summed E-state index contributed by atoms with van der Waals surface area (Å²) in [5, 5.41) is 9.10. The highest BCUT2D eigenvalue weighted by atomic mass is 16.6. The van der Waals surface area contributed by atoms with Gasteiger partial charge in [-0.2, -0.15) is 5.26 Å². The molecule has 1 aromatic carbocycles. The van der Waals surface area contributed by atoms with Crippen molar-refractivity contribution in [1.29, 1.82) is 5.26 Å². The Morgan fingerprint density at radius 2 is 2.05 bits per heavy atom. The Hall–Kier alpha value is -2.32. The minimum Gasteiger partial charge on any atom is -0.459 e. The smallest absolute Gasteiger partial charge is 0.348 e. The van der Waals surface area contributed by atoms with Gasteiger partial charge in [-0.05, 0) is 37.6 Å². The average Bonchev–Trinajstić information content (AvgIpc) is 3.37. The first-order valence-electron chi connectivity index (χ1n) is 7.43. The van der Waals surface area contributed by atoms with Gasteiger partial charge in [0.05, 0.1) is 6.61 Å².